The first kappa shape index (κ1) is 22.6. The fourth-order valence-electron chi connectivity index (χ4n) is 2.72. The summed E-state index contributed by atoms with van der Waals surface area (Å²) < 4.78 is 23.6. The largest absolute Gasteiger partial charge is 0.466 e. The fraction of sp³-hybridized carbons (Fsp3) is 0.947. The minimum Gasteiger partial charge on any atom is -0.466 e. The molecule has 0 aromatic heterocycles. The van der Waals surface area contributed by atoms with Gasteiger partial charge in [-0.1, -0.05) is 27.7 Å². The zero-order chi connectivity index (χ0) is 19.5. The molecule has 0 aromatic carbocycles. The Morgan fingerprint density at radius 1 is 1.24 bits per heavy atom. The summed E-state index contributed by atoms with van der Waals surface area (Å²) in [5.74, 6) is -0.578. The van der Waals surface area contributed by atoms with Crippen molar-refractivity contribution < 1.29 is 23.4 Å². The summed E-state index contributed by atoms with van der Waals surface area (Å²) in [5.41, 5.74) is 0. The Bertz CT molecular complexity index is 442. The van der Waals surface area contributed by atoms with Gasteiger partial charge in [0.1, 0.15) is 6.10 Å². The van der Waals surface area contributed by atoms with Gasteiger partial charge in [-0.05, 0) is 51.2 Å². The standard InChI is InChI=1S/C19H38O5Si/c1-10-21-16(20)12-11-14(2)17-15(23-19(6,7)24-17)13-22-25(8,9)18(3,4)5/h14-15,17H,10-13H2,1-9H3/t14-,15-,17-/m1/s1. The molecule has 1 fully saturated rings. The molecule has 148 valence electrons. The summed E-state index contributed by atoms with van der Waals surface area (Å²) in [4.78, 5) is 11.6. The molecule has 0 unspecified atom stereocenters. The summed E-state index contributed by atoms with van der Waals surface area (Å²) in [6.07, 6.45) is 0.945. The van der Waals surface area contributed by atoms with Crippen LogP contribution in [0.5, 0.6) is 0 Å². The van der Waals surface area contributed by atoms with Gasteiger partial charge in [-0.3, -0.25) is 4.79 Å². The van der Waals surface area contributed by atoms with E-state index in [1.54, 1.807) is 0 Å². The molecule has 0 spiro atoms. The van der Waals surface area contributed by atoms with Crippen molar-refractivity contribution in [2.75, 3.05) is 13.2 Å². The number of esters is 1. The molecule has 6 heteroatoms. The third-order valence-electron chi connectivity index (χ3n) is 5.31. The van der Waals surface area contributed by atoms with Gasteiger partial charge in [-0.15, -0.1) is 0 Å². The molecule has 3 atom stereocenters. The predicted octanol–water partition coefficient (Wildman–Crippen LogP) is 4.51. The lowest BCUT2D eigenvalue weighted by Crippen LogP contribution is -2.44. The zero-order valence-corrected chi connectivity index (χ0v) is 18.6. The second-order valence-corrected chi connectivity index (χ2v) is 13.8. The van der Waals surface area contributed by atoms with Gasteiger partial charge in [-0.2, -0.15) is 0 Å². The summed E-state index contributed by atoms with van der Waals surface area (Å²) in [6.45, 7) is 19.9. The number of carbonyl (C=O) groups is 1. The van der Waals surface area contributed by atoms with Gasteiger partial charge in [0, 0.05) is 6.42 Å². The minimum atomic E-state index is -1.84. The minimum absolute atomic E-state index is 0.0748. The van der Waals surface area contributed by atoms with Gasteiger partial charge in [0.15, 0.2) is 14.1 Å². The third-order valence-corrected chi connectivity index (χ3v) is 9.81. The number of ether oxygens (including phenoxy) is 3. The van der Waals surface area contributed by atoms with E-state index in [0.29, 0.717) is 19.6 Å². The Labute approximate surface area is 154 Å². The molecule has 0 radical (unpaired) electrons. The second kappa shape index (κ2) is 8.50. The van der Waals surface area contributed by atoms with Crippen molar-refractivity contribution in [1.82, 2.24) is 0 Å². The molecule has 1 saturated heterocycles. The summed E-state index contributed by atoms with van der Waals surface area (Å²) in [5, 5.41) is 0.160. The van der Waals surface area contributed by atoms with E-state index in [1.165, 1.54) is 0 Å². The lowest BCUT2D eigenvalue weighted by Gasteiger charge is -2.37. The molecular formula is C19H38O5Si. The number of rotatable bonds is 8. The average molecular weight is 375 g/mol. The Morgan fingerprint density at radius 3 is 2.36 bits per heavy atom. The van der Waals surface area contributed by atoms with E-state index < -0.39 is 14.1 Å². The van der Waals surface area contributed by atoms with Gasteiger partial charge >= 0.3 is 5.97 Å². The van der Waals surface area contributed by atoms with Crippen molar-refractivity contribution in [3.63, 3.8) is 0 Å². The van der Waals surface area contributed by atoms with Crippen molar-refractivity contribution in [2.24, 2.45) is 5.92 Å². The van der Waals surface area contributed by atoms with E-state index in [2.05, 4.69) is 40.8 Å². The van der Waals surface area contributed by atoms with Crippen LogP contribution in [0, 0.1) is 5.92 Å². The average Bonchev–Trinajstić information content (AvgIpc) is 2.77. The van der Waals surface area contributed by atoms with Crippen molar-refractivity contribution in [2.45, 2.75) is 97.4 Å². The normalized spacial score (nSPS) is 25.0. The second-order valence-electron chi connectivity index (χ2n) is 9.03. The van der Waals surface area contributed by atoms with E-state index >= 15 is 0 Å². The van der Waals surface area contributed by atoms with Crippen LogP contribution in [0.3, 0.4) is 0 Å². The Kier molecular flexibility index (Phi) is 7.69. The van der Waals surface area contributed by atoms with E-state index in [9.17, 15) is 4.79 Å². The first-order chi connectivity index (χ1) is 11.3. The van der Waals surface area contributed by atoms with E-state index in [1.807, 2.05) is 20.8 Å². The van der Waals surface area contributed by atoms with Gasteiger partial charge < -0.3 is 18.6 Å². The Morgan fingerprint density at radius 2 is 1.84 bits per heavy atom. The first-order valence-electron chi connectivity index (χ1n) is 9.44. The van der Waals surface area contributed by atoms with Crippen LogP contribution in [0.4, 0.5) is 0 Å². The molecule has 1 aliphatic heterocycles. The SMILES string of the molecule is CCOC(=O)CC[C@@H](C)[C@H]1OC(C)(C)O[C@@H]1CO[Si](C)(C)C(C)(C)C. The Balaban J connectivity index is 2.68. The topological polar surface area (TPSA) is 54.0 Å². The van der Waals surface area contributed by atoms with Crippen molar-refractivity contribution >= 4 is 14.3 Å². The third kappa shape index (κ3) is 6.66. The zero-order valence-electron chi connectivity index (χ0n) is 17.6. The maximum Gasteiger partial charge on any atom is 0.305 e. The van der Waals surface area contributed by atoms with Crippen LogP contribution in [-0.2, 0) is 23.4 Å². The Hall–Kier alpha value is -0.433. The van der Waals surface area contributed by atoms with Crippen LogP contribution >= 0.6 is 0 Å². The molecule has 25 heavy (non-hydrogen) atoms. The van der Waals surface area contributed by atoms with Crippen molar-refractivity contribution in [3.8, 4) is 0 Å². The van der Waals surface area contributed by atoms with Crippen molar-refractivity contribution in [1.29, 1.82) is 0 Å². The number of hydrogen-bond acceptors (Lipinski definition) is 5. The van der Waals surface area contributed by atoms with E-state index in [4.69, 9.17) is 18.6 Å². The summed E-state index contributed by atoms with van der Waals surface area (Å²) in [6, 6.07) is 0. The molecular weight excluding hydrogens is 336 g/mol. The van der Waals surface area contributed by atoms with Gasteiger partial charge in [-0.25, -0.2) is 0 Å². The molecule has 5 nitrogen and oxygen atoms in total. The lowest BCUT2D eigenvalue weighted by atomic mass is 9.95. The molecule has 0 aliphatic carbocycles. The highest BCUT2D eigenvalue weighted by Gasteiger charge is 2.45. The van der Waals surface area contributed by atoms with Crippen LogP contribution in [0.15, 0.2) is 0 Å². The summed E-state index contributed by atoms with van der Waals surface area (Å²) >= 11 is 0. The maximum atomic E-state index is 11.6. The fourth-order valence-corrected chi connectivity index (χ4v) is 3.74. The van der Waals surface area contributed by atoms with Gasteiger partial charge in [0.2, 0.25) is 0 Å². The number of carbonyl (C=O) groups excluding carboxylic acids is 1. The highest BCUT2D eigenvalue weighted by Crippen LogP contribution is 2.39. The molecule has 1 heterocycles. The maximum absolute atomic E-state index is 11.6. The van der Waals surface area contributed by atoms with Crippen LogP contribution in [0.1, 0.15) is 61.3 Å². The molecule has 1 rings (SSSR count). The van der Waals surface area contributed by atoms with E-state index in [0.717, 1.165) is 6.42 Å². The molecule has 0 N–H and O–H groups in total. The van der Waals surface area contributed by atoms with Crippen LogP contribution in [0.25, 0.3) is 0 Å². The number of hydrogen-bond donors (Lipinski definition) is 0. The highest BCUT2D eigenvalue weighted by molar-refractivity contribution is 6.74. The lowest BCUT2D eigenvalue weighted by molar-refractivity contribution is -0.152. The van der Waals surface area contributed by atoms with Crippen LogP contribution < -0.4 is 0 Å². The molecule has 0 aromatic rings. The van der Waals surface area contributed by atoms with Crippen LogP contribution in [-0.4, -0.2) is 45.5 Å². The van der Waals surface area contributed by atoms with Crippen LogP contribution in [0.2, 0.25) is 18.1 Å². The molecule has 1 aliphatic rings. The van der Waals surface area contributed by atoms with Gasteiger partial charge in [0.05, 0.1) is 19.3 Å². The van der Waals surface area contributed by atoms with Gasteiger partial charge in [0.25, 0.3) is 0 Å². The molecule has 0 amide bonds. The molecule has 0 bridgehead atoms. The van der Waals surface area contributed by atoms with Crippen molar-refractivity contribution in [3.05, 3.63) is 0 Å². The predicted molar refractivity (Wildman–Crippen MR) is 102 cm³/mol. The quantitative estimate of drug-likeness (QED) is 0.462. The summed E-state index contributed by atoms with van der Waals surface area (Å²) in [7, 11) is -1.84. The molecule has 0 saturated carbocycles. The highest BCUT2D eigenvalue weighted by atomic mass is 28.4. The first-order valence-corrected chi connectivity index (χ1v) is 12.3. The smallest absolute Gasteiger partial charge is 0.305 e. The monoisotopic (exact) mass is 374 g/mol. The van der Waals surface area contributed by atoms with E-state index in [-0.39, 0.29) is 29.1 Å².